The van der Waals surface area contributed by atoms with E-state index in [0.29, 0.717) is 35.0 Å². The van der Waals surface area contributed by atoms with E-state index in [-0.39, 0.29) is 12.1 Å². The second-order valence-electron chi connectivity index (χ2n) is 16.3. The summed E-state index contributed by atoms with van der Waals surface area (Å²) in [4.78, 5) is 12.7. The van der Waals surface area contributed by atoms with Gasteiger partial charge in [-0.3, -0.25) is 4.79 Å². The molecule has 248 valence electrons. The zero-order chi connectivity index (χ0) is 31.7. The van der Waals surface area contributed by atoms with Crippen LogP contribution in [0.2, 0.25) is 0 Å². The Bertz CT molecular complexity index is 1030. The van der Waals surface area contributed by atoms with Gasteiger partial charge in [-0.25, -0.2) is 0 Å². The van der Waals surface area contributed by atoms with E-state index in [1.807, 2.05) is 0 Å². The molecule has 0 bridgehead atoms. The summed E-state index contributed by atoms with van der Waals surface area (Å²) < 4.78 is 6.08. The summed E-state index contributed by atoms with van der Waals surface area (Å²) in [6.07, 6.45) is 35.3. The molecule has 44 heavy (non-hydrogen) atoms. The van der Waals surface area contributed by atoms with Crippen LogP contribution in [-0.4, -0.2) is 12.1 Å². The number of fused-ring (bicyclic) bond motifs is 5. The average molecular weight is 605 g/mol. The number of hydrogen-bond donors (Lipinski definition) is 0. The van der Waals surface area contributed by atoms with E-state index in [1.165, 1.54) is 57.8 Å². The number of esters is 1. The maximum absolute atomic E-state index is 12.7. The Morgan fingerprint density at radius 2 is 1.66 bits per heavy atom. The van der Waals surface area contributed by atoms with E-state index in [4.69, 9.17) is 4.74 Å². The molecule has 0 N–H and O–H groups in total. The Hall–Kier alpha value is -1.57. The van der Waals surface area contributed by atoms with Gasteiger partial charge in [0.1, 0.15) is 6.10 Å². The van der Waals surface area contributed by atoms with E-state index < -0.39 is 0 Å². The molecule has 4 aliphatic rings. The van der Waals surface area contributed by atoms with Crippen molar-refractivity contribution in [2.75, 3.05) is 0 Å². The molecule has 0 radical (unpaired) electrons. The van der Waals surface area contributed by atoms with Gasteiger partial charge in [-0.05, 0) is 129 Å². The van der Waals surface area contributed by atoms with Gasteiger partial charge in [0.25, 0.3) is 0 Å². The minimum Gasteiger partial charge on any atom is -0.462 e. The quantitative estimate of drug-likeness (QED) is 0.106. The van der Waals surface area contributed by atoms with Crippen molar-refractivity contribution in [1.82, 2.24) is 0 Å². The SMILES string of the molecule is CCCC/C=C\C/C=C\CCCCC(=O)OC1CCC2(C)C(=CCC3C2CCC2(C)C(C(C)/C=C/C(C)C(C)C)CCC32)C1. The molecule has 9 unspecified atom stereocenters. The summed E-state index contributed by atoms with van der Waals surface area (Å²) in [6, 6.07) is 0. The Labute approximate surface area is 272 Å². The molecule has 3 fully saturated rings. The molecule has 0 aromatic heterocycles. The lowest BCUT2D eigenvalue weighted by Gasteiger charge is -2.58. The number of carbonyl (C=O) groups is 1. The summed E-state index contributed by atoms with van der Waals surface area (Å²) in [7, 11) is 0. The lowest BCUT2D eigenvalue weighted by Crippen LogP contribution is -2.51. The third kappa shape index (κ3) is 8.41. The van der Waals surface area contributed by atoms with Gasteiger partial charge in [0.05, 0.1) is 0 Å². The summed E-state index contributed by atoms with van der Waals surface area (Å²) >= 11 is 0. The van der Waals surface area contributed by atoms with Gasteiger partial charge < -0.3 is 4.74 Å². The van der Waals surface area contributed by atoms with Gasteiger partial charge in [-0.1, -0.05) is 109 Å². The molecule has 0 spiro atoms. The van der Waals surface area contributed by atoms with Crippen molar-refractivity contribution >= 4 is 5.97 Å². The highest BCUT2D eigenvalue weighted by Crippen LogP contribution is 2.67. The fourth-order valence-corrected chi connectivity index (χ4v) is 9.94. The van der Waals surface area contributed by atoms with Crippen LogP contribution in [0.5, 0.6) is 0 Å². The van der Waals surface area contributed by atoms with E-state index in [9.17, 15) is 4.79 Å². The van der Waals surface area contributed by atoms with Crippen LogP contribution in [0.1, 0.15) is 151 Å². The topological polar surface area (TPSA) is 26.3 Å². The monoisotopic (exact) mass is 605 g/mol. The summed E-state index contributed by atoms with van der Waals surface area (Å²) in [5, 5.41) is 0. The minimum absolute atomic E-state index is 0.0205. The number of hydrogen-bond acceptors (Lipinski definition) is 2. The molecule has 0 amide bonds. The zero-order valence-electron chi connectivity index (χ0n) is 29.8. The molecule has 0 aromatic rings. The Kier molecular flexibility index (Phi) is 13.1. The maximum Gasteiger partial charge on any atom is 0.306 e. The normalized spacial score (nSPS) is 35.1. The first-order valence-electron chi connectivity index (χ1n) is 19.0. The molecule has 0 aliphatic heterocycles. The van der Waals surface area contributed by atoms with Crippen molar-refractivity contribution in [3.05, 3.63) is 48.1 Å². The first-order valence-corrected chi connectivity index (χ1v) is 19.0. The molecule has 0 heterocycles. The van der Waals surface area contributed by atoms with Gasteiger partial charge in [0.15, 0.2) is 0 Å². The van der Waals surface area contributed by atoms with Crippen LogP contribution in [0.25, 0.3) is 0 Å². The molecule has 2 heteroatoms. The molecule has 2 nitrogen and oxygen atoms in total. The summed E-state index contributed by atoms with van der Waals surface area (Å²) in [6.45, 7) is 17.0. The van der Waals surface area contributed by atoms with Gasteiger partial charge in [0, 0.05) is 12.8 Å². The van der Waals surface area contributed by atoms with Crippen molar-refractivity contribution in [3.63, 3.8) is 0 Å². The van der Waals surface area contributed by atoms with E-state index in [1.54, 1.807) is 5.57 Å². The zero-order valence-corrected chi connectivity index (χ0v) is 29.8. The van der Waals surface area contributed by atoms with Crippen LogP contribution in [0.3, 0.4) is 0 Å². The van der Waals surface area contributed by atoms with Crippen LogP contribution < -0.4 is 0 Å². The van der Waals surface area contributed by atoms with E-state index in [2.05, 4.69) is 91.0 Å². The fraction of sp³-hybridized carbons (Fsp3) is 0.786. The van der Waals surface area contributed by atoms with Crippen LogP contribution in [0, 0.1) is 52.3 Å². The van der Waals surface area contributed by atoms with Crippen LogP contribution in [0.15, 0.2) is 48.1 Å². The average Bonchev–Trinajstić information content (AvgIpc) is 3.36. The van der Waals surface area contributed by atoms with Crippen LogP contribution in [-0.2, 0) is 9.53 Å². The van der Waals surface area contributed by atoms with Crippen molar-refractivity contribution < 1.29 is 9.53 Å². The number of ether oxygens (including phenoxy) is 1. The van der Waals surface area contributed by atoms with Crippen molar-refractivity contribution in [1.29, 1.82) is 0 Å². The van der Waals surface area contributed by atoms with Crippen molar-refractivity contribution in [3.8, 4) is 0 Å². The lowest BCUT2D eigenvalue weighted by atomic mass is 9.47. The first-order chi connectivity index (χ1) is 21.1. The van der Waals surface area contributed by atoms with Crippen LogP contribution in [0.4, 0.5) is 0 Å². The molecule has 4 aliphatic carbocycles. The maximum atomic E-state index is 12.7. The third-order valence-corrected chi connectivity index (χ3v) is 13.2. The van der Waals surface area contributed by atoms with Gasteiger partial charge >= 0.3 is 5.97 Å². The van der Waals surface area contributed by atoms with Crippen molar-refractivity contribution in [2.45, 2.75) is 157 Å². The Balaban J connectivity index is 1.24. The van der Waals surface area contributed by atoms with Gasteiger partial charge in [-0.15, -0.1) is 0 Å². The largest absolute Gasteiger partial charge is 0.462 e. The number of unbranched alkanes of at least 4 members (excludes halogenated alkanes) is 4. The second kappa shape index (κ2) is 16.3. The molecule has 0 saturated heterocycles. The summed E-state index contributed by atoms with van der Waals surface area (Å²) in [5.41, 5.74) is 2.41. The molecular weight excluding hydrogens is 536 g/mol. The van der Waals surface area contributed by atoms with Gasteiger partial charge in [-0.2, -0.15) is 0 Å². The molecular formula is C42H68O2. The highest BCUT2D eigenvalue weighted by atomic mass is 16.5. The smallest absolute Gasteiger partial charge is 0.306 e. The predicted molar refractivity (Wildman–Crippen MR) is 188 cm³/mol. The standard InChI is InChI=1S/C42H68O2/c1-8-9-10-11-12-13-14-15-16-17-18-19-40(43)44-35-26-28-41(6)34(30-35)22-23-36-38-25-24-37(42(38,7)29-27-39(36)41)33(5)21-20-32(4)31(2)3/h11-12,14-15,20-22,31-33,35-39H,8-10,13,16-19,23-30H2,1-7H3/b12-11-,15-14-,21-20+. The molecule has 3 saturated carbocycles. The van der Waals surface area contributed by atoms with Crippen molar-refractivity contribution in [2.24, 2.45) is 52.3 Å². The highest BCUT2D eigenvalue weighted by Gasteiger charge is 2.59. The van der Waals surface area contributed by atoms with Gasteiger partial charge in [0.2, 0.25) is 0 Å². The predicted octanol–water partition coefficient (Wildman–Crippen LogP) is 12.2. The molecule has 4 rings (SSSR count). The number of rotatable bonds is 15. The summed E-state index contributed by atoms with van der Waals surface area (Å²) in [5.74, 6) is 5.41. The van der Waals surface area contributed by atoms with E-state index >= 15 is 0 Å². The highest BCUT2D eigenvalue weighted by molar-refractivity contribution is 5.69. The number of carbonyl (C=O) groups excluding carboxylic acids is 1. The lowest BCUT2D eigenvalue weighted by molar-refractivity contribution is -0.151. The molecule has 9 atom stereocenters. The molecule has 0 aromatic carbocycles. The minimum atomic E-state index is 0.0205. The Morgan fingerprint density at radius 3 is 2.39 bits per heavy atom. The first kappa shape index (κ1) is 35.3. The fourth-order valence-electron chi connectivity index (χ4n) is 9.94. The number of allylic oxidation sites excluding steroid dienone is 7. The third-order valence-electron chi connectivity index (χ3n) is 13.2. The Morgan fingerprint density at radius 1 is 0.909 bits per heavy atom. The second-order valence-corrected chi connectivity index (χ2v) is 16.3. The van der Waals surface area contributed by atoms with Crippen LogP contribution >= 0.6 is 0 Å². The van der Waals surface area contributed by atoms with E-state index in [0.717, 1.165) is 62.2 Å².